The highest BCUT2D eigenvalue weighted by molar-refractivity contribution is 6.15. The molecule has 82 valence electrons. The molecule has 0 bridgehead atoms. The van der Waals surface area contributed by atoms with Gasteiger partial charge in [0, 0.05) is 11.4 Å². The molecule has 0 spiro atoms. The number of H-pyrrole nitrogens is 1. The van der Waals surface area contributed by atoms with E-state index in [-0.39, 0.29) is 5.44 Å². The fourth-order valence-electron chi connectivity index (χ4n) is 2.60. The van der Waals surface area contributed by atoms with Crippen molar-refractivity contribution >= 4 is 7.85 Å². The van der Waals surface area contributed by atoms with Gasteiger partial charge >= 0.3 is 0 Å². The molecule has 0 aromatic carbocycles. The summed E-state index contributed by atoms with van der Waals surface area (Å²) in [6.45, 7) is 4.40. The summed E-state index contributed by atoms with van der Waals surface area (Å²) < 4.78 is 0. The van der Waals surface area contributed by atoms with Gasteiger partial charge in [0.25, 0.3) is 0 Å². The minimum atomic E-state index is 0.0324. The molecule has 0 saturated carbocycles. The number of aryl methyl sites for hydroxylation is 2. The number of hydrogen-bond donors (Lipinski definition) is 2. The van der Waals surface area contributed by atoms with Crippen molar-refractivity contribution in [1.82, 2.24) is 4.98 Å². The van der Waals surface area contributed by atoms with Crippen LogP contribution in [0.3, 0.4) is 0 Å². The SMILES string of the molecule is BC1(N)CCCc2c([nH]c(C)c2C)CC1. The molecule has 3 N–H and O–H groups in total. The van der Waals surface area contributed by atoms with Gasteiger partial charge in [-0.2, -0.15) is 0 Å². The van der Waals surface area contributed by atoms with Crippen LogP contribution in [0.1, 0.15) is 41.8 Å². The molecule has 0 saturated heterocycles. The first-order valence-electron chi connectivity index (χ1n) is 5.95. The average Bonchev–Trinajstić information content (AvgIpc) is 2.40. The predicted molar refractivity (Wildman–Crippen MR) is 67.0 cm³/mol. The van der Waals surface area contributed by atoms with E-state index in [9.17, 15) is 0 Å². The van der Waals surface area contributed by atoms with E-state index < -0.39 is 0 Å². The Balaban J connectivity index is 2.29. The molecular weight excluding hydrogens is 183 g/mol. The predicted octanol–water partition coefficient (Wildman–Crippen LogP) is 1.19. The second-order valence-electron chi connectivity index (χ2n) is 5.34. The van der Waals surface area contributed by atoms with Gasteiger partial charge in [-0.05, 0) is 62.5 Å². The number of hydrogen-bond acceptors (Lipinski definition) is 1. The molecule has 2 rings (SSSR count). The molecule has 1 unspecified atom stereocenters. The summed E-state index contributed by atoms with van der Waals surface area (Å²) >= 11 is 0. The van der Waals surface area contributed by atoms with Crippen LogP contribution in [-0.2, 0) is 12.8 Å². The lowest BCUT2D eigenvalue weighted by atomic mass is 9.70. The van der Waals surface area contributed by atoms with Crippen molar-refractivity contribution in [2.24, 2.45) is 5.73 Å². The molecule has 1 atom stereocenters. The van der Waals surface area contributed by atoms with Gasteiger partial charge in [-0.15, -0.1) is 0 Å². The van der Waals surface area contributed by atoms with E-state index in [1.807, 2.05) is 0 Å². The molecule has 15 heavy (non-hydrogen) atoms. The van der Waals surface area contributed by atoms with Crippen molar-refractivity contribution in [2.45, 2.75) is 51.4 Å². The summed E-state index contributed by atoms with van der Waals surface area (Å²) in [6, 6.07) is 0. The van der Waals surface area contributed by atoms with Gasteiger partial charge in [0.05, 0.1) is 0 Å². The van der Waals surface area contributed by atoms with Crippen LogP contribution in [-0.4, -0.2) is 18.3 Å². The third kappa shape index (κ3) is 2.12. The number of nitrogens with one attached hydrogen (secondary N) is 1. The van der Waals surface area contributed by atoms with Crippen molar-refractivity contribution in [3.05, 3.63) is 22.5 Å². The summed E-state index contributed by atoms with van der Waals surface area (Å²) in [5.74, 6) is 0. The summed E-state index contributed by atoms with van der Waals surface area (Å²) in [5.41, 5.74) is 12.1. The zero-order valence-corrected chi connectivity index (χ0v) is 10.1. The molecule has 1 aromatic rings. The van der Waals surface area contributed by atoms with Gasteiger partial charge < -0.3 is 10.7 Å². The maximum atomic E-state index is 6.24. The van der Waals surface area contributed by atoms with Crippen LogP contribution in [0.15, 0.2) is 0 Å². The smallest absolute Gasteiger partial charge is 0.127 e. The highest BCUT2D eigenvalue weighted by Gasteiger charge is 2.23. The Kier molecular flexibility index (Phi) is 2.67. The highest BCUT2D eigenvalue weighted by Crippen LogP contribution is 2.26. The van der Waals surface area contributed by atoms with Crippen LogP contribution in [0, 0.1) is 13.8 Å². The molecule has 0 aliphatic heterocycles. The second kappa shape index (κ2) is 3.71. The highest BCUT2D eigenvalue weighted by atomic mass is 14.7. The molecule has 1 heterocycles. The third-order valence-corrected chi connectivity index (χ3v) is 3.84. The van der Waals surface area contributed by atoms with Crippen LogP contribution >= 0.6 is 0 Å². The topological polar surface area (TPSA) is 41.8 Å². The van der Waals surface area contributed by atoms with Gasteiger partial charge in [-0.1, -0.05) is 0 Å². The van der Waals surface area contributed by atoms with Gasteiger partial charge in [0.1, 0.15) is 7.85 Å². The van der Waals surface area contributed by atoms with Crippen LogP contribution in [0.25, 0.3) is 0 Å². The lowest BCUT2D eigenvalue weighted by molar-refractivity contribution is 0.474. The summed E-state index contributed by atoms with van der Waals surface area (Å²) in [5, 5.41) is 0. The van der Waals surface area contributed by atoms with Crippen LogP contribution < -0.4 is 5.73 Å². The van der Waals surface area contributed by atoms with Crippen molar-refractivity contribution in [3.8, 4) is 0 Å². The van der Waals surface area contributed by atoms with E-state index in [1.165, 1.54) is 29.8 Å². The standard InChI is InChI=1S/C12H21BN2/c1-8-9(2)15-11-5-7-12(13,14)6-3-4-10(8)11/h15H,3-7,13-14H2,1-2H3. The van der Waals surface area contributed by atoms with Gasteiger partial charge in [-0.3, -0.25) is 0 Å². The van der Waals surface area contributed by atoms with E-state index in [4.69, 9.17) is 5.73 Å². The van der Waals surface area contributed by atoms with Crippen LogP contribution in [0.4, 0.5) is 0 Å². The third-order valence-electron chi connectivity index (χ3n) is 3.84. The molecule has 0 fully saturated rings. The quantitative estimate of drug-likeness (QED) is 0.612. The molecule has 3 heteroatoms. The molecular formula is C12H21BN2. The monoisotopic (exact) mass is 204 g/mol. The Bertz CT molecular complexity index is 366. The van der Waals surface area contributed by atoms with Gasteiger partial charge in [0.2, 0.25) is 0 Å². The Labute approximate surface area is 93.0 Å². The fraction of sp³-hybridized carbons (Fsp3) is 0.667. The molecule has 2 nitrogen and oxygen atoms in total. The first-order chi connectivity index (χ1) is 6.99. The van der Waals surface area contributed by atoms with E-state index in [1.54, 1.807) is 5.56 Å². The van der Waals surface area contributed by atoms with Crippen LogP contribution in [0.5, 0.6) is 0 Å². The molecule has 0 amide bonds. The molecule has 1 aliphatic carbocycles. The molecule has 0 radical (unpaired) electrons. The summed E-state index contributed by atoms with van der Waals surface area (Å²) in [4.78, 5) is 3.51. The maximum Gasteiger partial charge on any atom is 0.127 e. The average molecular weight is 204 g/mol. The molecule has 1 aliphatic rings. The zero-order chi connectivity index (χ0) is 11.1. The Hall–Kier alpha value is -0.695. The Morgan fingerprint density at radius 3 is 2.73 bits per heavy atom. The van der Waals surface area contributed by atoms with Crippen molar-refractivity contribution in [1.29, 1.82) is 0 Å². The van der Waals surface area contributed by atoms with E-state index >= 15 is 0 Å². The Morgan fingerprint density at radius 2 is 2.00 bits per heavy atom. The normalized spacial score (nSPS) is 26.9. The lowest BCUT2D eigenvalue weighted by Crippen LogP contribution is -2.41. The first kappa shape index (κ1) is 10.8. The van der Waals surface area contributed by atoms with Crippen molar-refractivity contribution in [2.75, 3.05) is 0 Å². The van der Waals surface area contributed by atoms with E-state index in [0.29, 0.717) is 0 Å². The number of fused-ring (bicyclic) bond motifs is 1. The summed E-state index contributed by atoms with van der Waals surface area (Å²) in [6.07, 6.45) is 5.77. The minimum Gasteiger partial charge on any atom is -0.362 e. The fourth-order valence-corrected chi connectivity index (χ4v) is 2.60. The van der Waals surface area contributed by atoms with Crippen molar-refractivity contribution < 1.29 is 0 Å². The number of rotatable bonds is 0. The van der Waals surface area contributed by atoms with Gasteiger partial charge in [0.15, 0.2) is 0 Å². The van der Waals surface area contributed by atoms with Gasteiger partial charge in [-0.25, -0.2) is 0 Å². The lowest BCUT2D eigenvalue weighted by Gasteiger charge is -2.27. The minimum absolute atomic E-state index is 0.0324. The number of nitrogens with two attached hydrogens (primary N) is 1. The maximum absolute atomic E-state index is 6.24. The van der Waals surface area contributed by atoms with Crippen molar-refractivity contribution in [3.63, 3.8) is 0 Å². The van der Waals surface area contributed by atoms with E-state index in [2.05, 4.69) is 26.7 Å². The molecule has 1 aromatic heterocycles. The number of aromatic amines is 1. The number of aromatic nitrogens is 1. The first-order valence-corrected chi connectivity index (χ1v) is 5.95. The second-order valence-corrected chi connectivity index (χ2v) is 5.34. The zero-order valence-electron chi connectivity index (χ0n) is 10.1. The largest absolute Gasteiger partial charge is 0.362 e. The van der Waals surface area contributed by atoms with E-state index in [0.717, 1.165) is 19.3 Å². The van der Waals surface area contributed by atoms with Crippen LogP contribution in [0.2, 0.25) is 0 Å². The Morgan fingerprint density at radius 1 is 1.27 bits per heavy atom. The summed E-state index contributed by atoms with van der Waals surface area (Å²) in [7, 11) is 2.18.